The average molecular weight is 268 g/mol. The molecule has 106 valence electrons. The molecule has 1 aliphatic heterocycles. The lowest BCUT2D eigenvalue weighted by Gasteiger charge is -2.36. The molecule has 2 rings (SSSR count). The second-order valence-corrected chi connectivity index (χ2v) is 5.08. The third-order valence-corrected chi connectivity index (χ3v) is 3.34. The normalized spacial score (nSPS) is 24.6. The maximum atomic E-state index is 13.4. The molecule has 0 spiro atoms. The lowest BCUT2D eigenvalue weighted by Crippen LogP contribution is -2.47. The van der Waals surface area contributed by atoms with Gasteiger partial charge in [0.2, 0.25) is 0 Å². The van der Waals surface area contributed by atoms with Crippen LogP contribution in [0, 0.1) is 5.82 Å². The standard InChI is InChI=1S/C14H21FN2O2/c1-10-6-17(8-13(9-18)19-10)7-11-2-3-14(15)12(4-11)5-16/h2-4,10,13,18H,5-9,16H2,1H3. The summed E-state index contributed by atoms with van der Waals surface area (Å²) in [6.45, 7) is 4.45. The molecule has 0 saturated carbocycles. The van der Waals surface area contributed by atoms with Crippen LogP contribution in [-0.4, -0.2) is 41.9 Å². The zero-order valence-corrected chi connectivity index (χ0v) is 11.2. The Labute approximate surface area is 113 Å². The smallest absolute Gasteiger partial charge is 0.127 e. The van der Waals surface area contributed by atoms with Gasteiger partial charge in [-0.3, -0.25) is 4.90 Å². The van der Waals surface area contributed by atoms with Gasteiger partial charge in [0.15, 0.2) is 0 Å². The summed E-state index contributed by atoms with van der Waals surface area (Å²) < 4.78 is 19.0. The molecule has 0 bridgehead atoms. The van der Waals surface area contributed by atoms with Crippen LogP contribution in [0.3, 0.4) is 0 Å². The molecule has 5 heteroatoms. The van der Waals surface area contributed by atoms with Gasteiger partial charge in [0.05, 0.1) is 18.8 Å². The van der Waals surface area contributed by atoms with Crippen molar-refractivity contribution in [3.8, 4) is 0 Å². The third-order valence-electron chi connectivity index (χ3n) is 3.34. The highest BCUT2D eigenvalue weighted by Gasteiger charge is 2.24. The van der Waals surface area contributed by atoms with Crippen molar-refractivity contribution in [3.05, 3.63) is 35.1 Å². The molecule has 0 aliphatic carbocycles. The first kappa shape index (κ1) is 14.4. The summed E-state index contributed by atoms with van der Waals surface area (Å²) >= 11 is 0. The van der Waals surface area contributed by atoms with E-state index in [1.54, 1.807) is 6.07 Å². The number of nitrogens with zero attached hydrogens (tertiary/aromatic N) is 1. The summed E-state index contributed by atoms with van der Waals surface area (Å²) in [5, 5.41) is 9.19. The van der Waals surface area contributed by atoms with Gasteiger partial charge in [0.25, 0.3) is 0 Å². The van der Waals surface area contributed by atoms with Crippen molar-refractivity contribution in [1.82, 2.24) is 4.90 Å². The monoisotopic (exact) mass is 268 g/mol. The number of aliphatic hydroxyl groups is 1. The second kappa shape index (κ2) is 6.43. The van der Waals surface area contributed by atoms with Gasteiger partial charge >= 0.3 is 0 Å². The summed E-state index contributed by atoms with van der Waals surface area (Å²) in [5.74, 6) is -0.255. The summed E-state index contributed by atoms with van der Waals surface area (Å²) in [7, 11) is 0. The minimum absolute atomic E-state index is 0.0261. The molecular weight excluding hydrogens is 247 g/mol. The molecule has 4 nitrogen and oxygen atoms in total. The number of rotatable bonds is 4. The van der Waals surface area contributed by atoms with Crippen LogP contribution in [-0.2, 0) is 17.8 Å². The van der Waals surface area contributed by atoms with Gasteiger partial charge in [-0.15, -0.1) is 0 Å². The maximum absolute atomic E-state index is 13.4. The second-order valence-electron chi connectivity index (χ2n) is 5.08. The lowest BCUT2D eigenvalue weighted by molar-refractivity contribution is -0.0972. The number of nitrogens with two attached hydrogens (primary N) is 1. The number of halogens is 1. The topological polar surface area (TPSA) is 58.7 Å². The molecule has 3 N–H and O–H groups in total. The fourth-order valence-electron chi connectivity index (χ4n) is 2.51. The number of morpholine rings is 1. The highest BCUT2D eigenvalue weighted by molar-refractivity contribution is 5.25. The Balaban J connectivity index is 2.03. The van der Waals surface area contributed by atoms with E-state index >= 15 is 0 Å². The Bertz CT molecular complexity index is 428. The maximum Gasteiger partial charge on any atom is 0.127 e. The highest BCUT2D eigenvalue weighted by Crippen LogP contribution is 2.16. The minimum Gasteiger partial charge on any atom is -0.394 e. The minimum atomic E-state index is -0.255. The lowest BCUT2D eigenvalue weighted by atomic mass is 10.1. The zero-order valence-electron chi connectivity index (χ0n) is 11.2. The van der Waals surface area contributed by atoms with Crippen LogP contribution in [0.15, 0.2) is 18.2 Å². The summed E-state index contributed by atoms with van der Waals surface area (Å²) in [4.78, 5) is 2.21. The molecule has 1 aromatic rings. The summed E-state index contributed by atoms with van der Waals surface area (Å²) in [5.41, 5.74) is 7.09. The van der Waals surface area contributed by atoms with E-state index in [1.807, 2.05) is 13.0 Å². The van der Waals surface area contributed by atoms with Gasteiger partial charge in [0.1, 0.15) is 5.82 Å². The molecule has 2 atom stereocenters. The molecule has 1 aromatic carbocycles. The van der Waals surface area contributed by atoms with Crippen LogP contribution in [0.25, 0.3) is 0 Å². The summed E-state index contributed by atoms with van der Waals surface area (Å²) in [6.07, 6.45) is -0.0431. The highest BCUT2D eigenvalue weighted by atomic mass is 19.1. The van der Waals surface area contributed by atoms with E-state index in [9.17, 15) is 9.50 Å². The Morgan fingerprint density at radius 2 is 2.26 bits per heavy atom. The van der Waals surface area contributed by atoms with E-state index in [4.69, 9.17) is 10.5 Å². The van der Waals surface area contributed by atoms with Crippen molar-refractivity contribution in [2.24, 2.45) is 5.73 Å². The van der Waals surface area contributed by atoms with E-state index in [0.29, 0.717) is 12.1 Å². The molecule has 0 aromatic heterocycles. The van der Waals surface area contributed by atoms with Crippen LogP contribution in [0.5, 0.6) is 0 Å². The van der Waals surface area contributed by atoms with Gasteiger partial charge in [-0.25, -0.2) is 4.39 Å². The van der Waals surface area contributed by atoms with E-state index in [1.165, 1.54) is 6.07 Å². The molecule has 0 radical (unpaired) electrons. The van der Waals surface area contributed by atoms with Gasteiger partial charge in [0, 0.05) is 31.7 Å². The Morgan fingerprint density at radius 1 is 1.47 bits per heavy atom. The first-order valence-corrected chi connectivity index (χ1v) is 6.58. The number of hydrogen-bond donors (Lipinski definition) is 2. The number of hydrogen-bond acceptors (Lipinski definition) is 4. The fraction of sp³-hybridized carbons (Fsp3) is 0.571. The van der Waals surface area contributed by atoms with Crippen molar-refractivity contribution in [1.29, 1.82) is 0 Å². The van der Waals surface area contributed by atoms with Gasteiger partial charge < -0.3 is 15.6 Å². The average Bonchev–Trinajstić information content (AvgIpc) is 2.40. The number of benzene rings is 1. The third kappa shape index (κ3) is 3.73. The largest absolute Gasteiger partial charge is 0.394 e. The van der Waals surface area contributed by atoms with Crippen molar-refractivity contribution in [3.63, 3.8) is 0 Å². The molecular formula is C14H21FN2O2. The SMILES string of the molecule is CC1CN(Cc2ccc(F)c(CN)c2)CC(CO)O1. The van der Waals surface area contributed by atoms with Crippen molar-refractivity contribution in [2.75, 3.05) is 19.7 Å². The summed E-state index contributed by atoms with van der Waals surface area (Å²) in [6, 6.07) is 5.05. The molecule has 2 unspecified atom stereocenters. The Kier molecular flexibility index (Phi) is 4.87. The fourth-order valence-corrected chi connectivity index (χ4v) is 2.51. The van der Waals surface area contributed by atoms with E-state index < -0.39 is 0 Å². The number of ether oxygens (including phenoxy) is 1. The van der Waals surface area contributed by atoms with Crippen LogP contribution in [0.2, 0.25) is 0 Å². The quantitative estimate of drug-likeness (QED) is 0.850. The molecule has 19 heavy (non-hydrogen) atoms. The van der Waals surface area contributed by atoms with E-state index in [0.717, 1.165) is 18.7 Å². The van der Waals surface area contributed by atoms with Crippen molar-refractivity contribution >= 4 is 0 Å². The van der Waals surface area contributed by atoms with Gasteiger partial charge in [-0.1, -0.05) is 12.1 Å². The molecule has 1 heterocycles. The molecule has 0 amide bonds. The van der Waals surface area contributed by atoms with Crippen LogP contribution >= 0.6 is 0 Å². The van der Waals surface area contributed by atoms with Gasteiger partial charge in [-0.2, -0.15) is 0 Å². The first-order valence-electron chi connectivity index (χ1n) is 6.58. The van der Waals surface area contributed by atoms with Crippen LogP contribution < -0.4 is 5.73 Å². The van der Waals surface area contributed by atoms with Gasteiger partial charge in [-0.05, 0) is 18.6 Å². The van der Waals surface area contributed by atoms with Crippen LogP contribution in [0.1, 0.15) is 18.1 Å². The zero-order chi connectivity index (χ0) is 13.8. The van der Waals surface area contributed by atoms with Crippen LogP contribution in [0.4, 0.5) is 4.39 Å². The molecule has 1 saturated heterocycles. The molecule has 1 aliphatic rings. The van der Waals surface area contributed by atoms with Crippen molar-refractivity contribution in [2.45, 2.75) is 32.2 Å². The first-order chi connectivity index (χ1) is 9.12. The molecule has 1 fully saturated rings. The predicted octanol–water partition coefficient (Wildman–Crippen LogP) is 0.866. The van der Waals surface area contributed by atoms with E-state index in [-0.39, 0.29) is 31.2 Å². The number of aliphatic hydroxyl groups excluding tert-OH is 1. The Hall–Kier alpha value is -1.01. The Morgan fingerprint density at radius 3 is 2.95 bits per heavy atom. The van der Waals surface area contributed by atoms with Crippen molar-refractivity contribution < 1.29 is 14.2 Å². The van der Waals surface area contributed by atoms with E-state index in [2.05, 4.69) is 4.90 Å². The predicted molar refractivity (Wildman–Crippen MR) is 71.0 cm³/mol.